The van der Waals surface area contributed by atoms with Crippen LogP contribution in [0.15, 0.2) is 28.7 Å². The van der Waals surface area contributed by atoms with Crippen molar-refractivity contribution in [1.29, 1.82) is 5.41 Å². The molecule has 2 saturated heterocycles. The highest BCUT2D eigenvalue weighted by molar-refractivity contribution is 7.80. The van der Waals surface area contributed by atoms with E-state index in [0.717, 1.165) is 30.0 Å². The number of nitrogens with two attached hydrogens (primary N) is 1. The first kappa shape index (κ1) is 33.0. The van der Waals surface area contributed by atoms with Crippen molar-refractivity contribution in [2.24, 2.45) is 5.16 Å². The summed E-state index contributed by atoms with van der Waals surface area (Å²) in [4.78, 5) is 48.1. The molecule has 2 amide bonds. The monoisotopic (exact) mass is 680 g/mol. The van der Waals surface area contributed by atoms with Gasteiger partial charge in [0.15, 0.2) is 16.9 Å². The lowest BCUT2D eigenvalue weighted by atomic mass is 9.84. The summed E-state index contributed by atoms with van der Waals surface area (Å²) in [5.74, 6) is -2.78. The number of hydroxylamine groups is 2. The molecule has 0 radical (unpaired) electrons. The molecule has 20 heteroatoms. The maximum absolute atomic E-state index is 13.4. The van der Waals surface area contributed by atoms with Crippen LogP contribution in [0.25, 0.3) is 0 Å². The van der Waals surface area contributed by atoms with E-state index in [4.69, 9.17) is 25.3 Å². The molecule has 0 spiro atoms. The molecule has 3 aliphatic rings. The van der Waals surface area contributed by atoms with Crippen LogP contribution in [-0.2, 0) is 40.3 Å². The molecule has 0 bridgehead atoms. The minimum absolute atomic E-state index is 0.0588. The molecule has 3 atom stereocenters. The first-order valence-electron chi connectivity index (χ1n) is 13.9. The van der Waals surface area contributed by atoms with Crippen LogP contribution in [0.4, 0.5) is 5.13 Å². The van der Waals surface area contributed by atoms with Crippen molar-refractivity contribution in [3.05, 3.63) is 40.4 Å². The molecule has 8 N–H and O–H groups in total. The van der Waals surface area contributed by atoms with Crippen molar-refractivity contribution in [3.63, 3.8) is 0 Å². The molecule has 0 saturated carbocycles. The van der Waals surface area contributed by atoms with Gasteiger partial charge in [0.1, 0.15) is 23.3 Å². The van der Waals surface area contributed by atoms with E-state index in [1.54, 1.807) is 12.1 Å². The van der Waals surface area contributed by atoms with Crippen molar-refractivity contribution < 1.29 is 46.3 Å². The summed E-state index contributed by atoms with van der Waals surface area (Å²) < 4.78 is 41.6. The molecular formula is C26H32N8O10S2. The molecule has 248 valence electrons. The number of rotatable bonds is 11. The highest BCUT2D eigenvalue weighted by Gasteiger charge is 2.58. The molecule has 0 aliphatic carbocycles. The highest BCUT2D eigenvalue weighted by Crippen LogP contribution is 2.35. The van der Waals surface area contributed by atoms with E-state index in [-0.39, 0.29) is 29.1 Å². The molecule has 1 aromatic heterocycles. The van der Waals surface area contributed by atoms with E-state index in [0.29, 0.717) is 22.8 Å². The Bertz CT molecular complexity index is 1720. The van der Waals surface area contributed by atoms with Crippen molar-refractivity contribution in [2.45, 2.75) is 62.9 Å². The SMILES string of the molecule is CC(ON=C(C(=O)NC1C(=O)N(OS(=O)(=O)O)C1(C)C)c1csc(N)n1)(C(=O)O)C1CCc2cc(C(=N)NC3CNC3)ccc2O1. The Morgan fingerprint density at radius 1 is 1.33 bits per heavy atom. The van der Waals surface area contributed by atoms with Gasteiger partial charge in [0.25, 0.3) is 17.4 Å². The van der Waals surface area contributed by atoms with Gasteiger partial charge in [0, 0.05) is 24.0 Å². The Hall–Kier alpha value is -4.37. The second-order valence-corrected chi connectivity index (χ2v) is 13.4. The fraction of sp³-hybridized carbons (Fsp3) is 0.462. The summed E-state index contributed by atoms with van der Waals surface area (Å²) in [7, 11) is -5.02. The Balaban J connectivity index is 1.35. The molecule has 1 aromatic carbocycles. The number of carbonyl (C=O) groups is 3. The van der Waals surface area contributed by atoms with E-state index in [9.17, 15) is 27.9 Å². The Kier molecular flexibility index (Phi) is 8.68. The second kappa shape index (κ2) is 12.1. The Morgan fingerprint density at radius 2 is 2.04 bits per heavy atom. The number of amides is 2. The number of thiazole rings is 1. The number of benzene rings is 1. The fourth-order valence-corrected chi connectivity index (χ4v) is 6.01. The number of anilines is 1. The van der Waals surface area contributed by atoms with E-state index in [2.05, 4.69) is 30.4 Å². The predicted octanol–water partition coefficient (Wildman–Crippen LogP) is -0.590. The van der Waals surface area contributed by atoms with Crippen LogP contribution in [0, 0.1) is 5.41 Å². The number of β-lactam (4-membered cyclic amide) rings is 1. The van der Waals surface area contributed by atoms with E-state index < -0.39 is 57.2 Å². The number of hydrogen-bond donors (Lipinski definition) is 7. The Morgan fingerprint density at radius 3 is 2.61 bits per heavy atom. The maximum atomic E-state index is 13.4. The largest absolute Gasteiger partial charge is 0.485 e. The van der Waals surface area contributed by atoms with Gasteiger partial charge in [-0.25, -0.2) is 9.78 Å². The second-order valence-electron chi connectivity index (χ2n) is 11.6. The average molecular weight is 681 g/mol. The summed E-state index contributed by atoms with van der Waals surface area (Å²) in [6.07, 6.45) is -0.463. The Labute approximate surface area is 266 Å². The van der Waals surface area contributed by atoms with Gasteiger partial charge in [-0.1, -0.05) is 5.16 Å². The number of amidine groups is 1. The number of nitrogens with one attached hydrogen (secondary N) is 4. The van der Waals surface area contributed by atoms with Crippen LogP contribution >= 0.6 is 11.3 Å². The van der Waals surface area contributed by atoms with E-state index in [1.807, 2.05) is 6.07 Å². The minimum Gasteiger partial charge on any atom is -0.485 e. The van der Waals surface area contributed by atoms with Crippen LogP contribution in [0.1, 0.15) is 44.0 Å². The number of aliphatic carboxylic acids is 1. The van der Waals surface area contributed by atoms with Crippen molar-refractivity contribution in [1.82, 2.24) is 26.0 Å². The number of fused-ring (bicyclic) bond motifs is 1. The fourth-order valence-electron chi connectivity index (χ4n) is 5.01. The van der Waals surface area contributed by atoms with Crippen LogP contribution in [0.5, 0.6) is 5.75 Å². The molecule has 3 aliphatic heterocycles. The van der Waals surface area contributed by atoms with Crippen LogP contribution < -0.4 is 26.4 Å². The molecule has 46 heavy (non-hydrogen) atoms. The first-order valence-corrected chi connectivity index (χ1v) is 16.1. The molecule has 2 fully saturated rings. The lowest BCUT2D eigenvalue weighted by molar-refractivity contribution is -0.218. The predicted molar refractivity (Wildman–Crippen MR) is 161 cm³/mol. The quantitative estimate of drug-likeness (QED) is 0.0514. The lowest BCUT2D eigenvalue weighted by Gasteiger charge is -2.50. The van der Waals surface area contributed by atoms with Crippen molar-refractivity contribution in [3.8, 4) is 5.75 Å². The van der Waals surface area contributed by atoms with E-state index >= 15 is 0 Å². The number of carboxylic acid groups (broad SMARTS) is 1. The number of aryl methyl sites for hydroxylation is 1. The zero-order valence-corrected chi connectivity index (χ0v) is 26.4. The number of nitrogens with zero attached hydrogens (tertiary/aromatic N) is 3. The number of carbonyl (C=O) groups excluding carboxylic acids is 2. The van der Waals surface area contributed by atoms with Crippen molar-refractivity contribution in [2.75, 3.05) is 18.8 Å². The molecule has 5 rings (SSSR count). The summed E-state index contributed by atoms with van der Waals surface area (Å²) in [6, 6.07) is 4.00. The molecular weight excluding hydrogens is 648 g/mol. The maximum Gasteiger partial charge on any atom is 0.418 e. The van der Waals surface area contributed by atoms with Gasteiger partial charge < -0.3 is 36.4 Å². The summed E-state index contributed by atoms with van der Waals surface area (Å²) in [5.41, 5.74) is 3.03. The normalized spacial score (nSPS) is 22.3. The van der Waals surface area contributed by atoms with Gasteiger partial charge in [0.05, 0.1) is 11.6 Å². The van der Waals surface area contributed by atoms with Crippen molar-refractivity contribution >= 4 is 56.2 Å². The van der Waals surface area contributed by atoms with Gasteiger partial charge in [0.2, 0.25) is 0 Å². The highest BCUT2D eigenvalue weighted by atomic mass is 32.3. The summed E-state index contributed by atoms with van der Waals surface area (Å²) in [5, 5.41) is 32.9. The van der Waals surface area contributed by atoms with Gasteiger partial charge in [-0.05, 0) is 57.4 Å². The van der Waals surface area contributed by atoms with Gasteiger partial charge in [-0.3, -0.25) is 19.6 Å². The topological polar surface area (TPSA) is 268 Å². The lowest BCUT2D eigenvalue weighted by Crippen LogP contribution is -2.76. The third-order valence-corrected chi connectivity index (χ3v) is 8.90. The molecule has 18 nitrogen and oxygen atoms in total. The van der Waals surface area contributed by atoms with Gasteiger partial charge in [-0.15, -0.1) is 15.6 Å². The van der Waals surface area contributed by atoms with E-state index in [1.165, 1.54) is 26.2 Å². The summed E-state index contributed by atoms with van der Waals surface area (Å²) >= 11 is 0.963. The third-order valence-electron chi connectivity index (χ3n) is 7.89. The number of aromatic nitrogens is 1. The number of hydrogen-bond acceptors (Lipinski definition) is 14. The molecule has 3 unspecified atom stereocenters. The van der Waals surface area contributed by atoms with Gasteiger partial charge >= 0.3 is 16.4 Å². The number of ether oxygens (including phenoxy) is 1. The third kappa shape index (κ3) is 6.47. The number of oxime groups is 1. The zero-order valence-electron chi connectivity index (χ0n) is 24.8. The summed E-state index contributed by atoms with van der Waals surface area (Å²) in [6.45, 7) is 5.52. The smallest absolute Gasteiger partial charge is 0.418 e. The standard InChI is InChI=1S/C26H32N8O10S2/c1-25(2)19(22(36)34(25)44-46(39,40)41)32-21(35)18(15-11-45-24(28)31-15)33-43-26(3,23(37)38)17-7-5-12-8-13(4-6-16(12)42-17)20(27)30-14-9-29-10-14/h4,6,8,11,14,17,19,29H,5,7,9-10H2,1-3H3,(H2,27,30)(H2,28,31)(H,32,35)(H,37,38)(H,39,40,41). The number of carboxylic acids is 1. The molecule has 2 aromatic rings. The average Bonchev–Trinajstić information content (AvgIpc) is 3.40. The zero-order chi connectivity index (χ0) is 33.6. The van der Waals surface area contributed by atoms with Crippen LogP contribution in [-0.4, -0.2) is 99.9 Å². The van der Waals surface area contributed by atoms with Crippen LogP contribution in [0.2, 0.25) is 0 Å². The number of nitrogen functional groups attached to an aromatic ring is 1. The first-order chi connectivity index (χ1) is 21.5. The van der Waals surface area contributed by atoms with Crippen LogP contribution in [0.3, 0.4) is 0 Å². The van der Waals surface area contributed by atoms with Gasteiger partial charge in [-0.2, -0.15) is 13.5 Å². The minimum atomic E-state index is -5.02. The molecule has 4 heterocycles.